The van der Waals surface area contributed by atoms with E-state index >= 15 is 0 Å². The summed E-state index contributed by atoms with van der Waals surface area (Å²) in [5.74, 6) is 0.488. The van der Waals surface area contributed by atoms with Crippen molar-refractivity contribution >= 4 is 49.2 Å². The van der Waals surface area contributed by atoms with Crippen LogP contribution in [0.4, 0.5) is 5.69 Å². The molecule has 0 radical (unpaired) electrons. The largest absolute Gasteiger partial charge is 0.454 e. The molecular formula is C16H11Br2NO4. The lowest BCUT2D eigenvalue weighted by Crippen LogP contribution is -2.15. The van der Waals surface area contributed by atoms with Crippen LogP contribution in [0.25, 0.3) is 0 Å². The molecule has 1 heterocycles. The molecule has 0 unspecified atom stereocenters. The highest BCUT2D eigenvalue weighted by Gasteiger charge is 2.21. The fourth-order valence-corrected chi connectivity index (χ4v) is 2.99. The van der Waals surface area contributed by atoms with E-state index in [2.05, 4.69) is 37.2 Å². The predicted molar refractivity (Wildman–Crippen MR) is 92.4 cm³/mol. The Balaban J connectivity index is 1.97. The van der Waals surface area contributed by atoms with Gasteiger partial charge in [-0.15, -0.1) is 0 Å². The number of halogens is 2. The summed E-state index contributed by atoms with van der Waals surface area (Å²) in [5, 5.41) is 2.76. The van der Waals surface area contributed by atoms with Crippen LogP contribution in [0.15, 0.2) is 39.3 Å². The van der Waals surface area contributed by atoms with Gasteiger partial charge in [0.25, 0.3) is 5.91 Å². The van der Waals surface area contributed by atoms with E-state index in [1.807, 2.05) is 6.07 Å². The molecule has 1 amide bonds. The Hall–Kier alpha value is -1.86. The second-order valence-corrected chi connectivity index (χ2v) is 6.66. The van der Waals surface area contributed by atoms with Gasteiger partial charge >= 0.3 is 0 Å². The number of amides is 1. The molecule has 0 spiro atoms. The first kappa shape index (κ1) is 16.0. The van der Waals surface area contributed by atoms with Crippen molar-refractivity contribution in [3.05, 3.63) is 50.4 Å². The van der Waals surface area contributed by atoms with Crippen LogP contribution in [-0.2, 0) is 0 Å². The van der Waals surface area contributed by atoms with E-state index in [0.717, 1.165) is 4.47 Å². The van der Waals surface area contributed by atoms with Crippen LogP contribution >= 0.6 is 31.9 Å². The molecule has 0 saturated heterocycles. The number of fused-ring (bicyclic) bond motifs is 1. The number of anilines is 1. The van der Waals surface area contributed by atoms with Gasteiger partial charge in [0, 0.05) is 20.6 Å². The molecule has 3 rings (SSSR count). The average molecular weight is 441 g/mol. The van der Waals surface area contributed by atoms with Gasteiger partial charge in [0.05, 0.1) is 11.3 Å². The molecule has 7 heteroatoms. The molecule has 0 aromatic heterocycles. The second kappa shape index (κ2) is 6.33. The lowest BCUT2D eigenvalue weighted by molar-refractivity contribution is 0.101. The van der Waals surface area contributed by atoms with Gasteiger partial charge in [0.2, 0.25) is 6.79 Å². The smallest absolute Gasteiger partial charge is 0.256 e. The summed E-state index contributed by atoms with van der Waals surface area (Å²) in [4.78, 5) is 24.4. The van der Waals surface area contributed by atoms with Crippen LogP contribution in [0, 0.1) is 0 Å². The quantitative estimate of drug-likeness (QED) is 0.718. The predicted octanol–water partition coefficient (Wildman–Crippen LogP) is 4.40. The number of carbonyl (C=O) groups excluding carboxylic acids is 2. The highest BCUT2D eigenvalue weighted by Crippen LogP contribution is 2.37. The Bertz CT molecular complexity index is 820. The molecule has 0 saturated carbocycles. The zero-order valence-electron chi connectivity index (χ0n) is 12.0. The topological polar surface area (TPSA) is 64.6 Å². The van der Waals surface area contributed by atoms with Crippen LogP contribution in [-0.4, -0.2) is 18.5 Å². The summed E-state index contributed by atoms with van der Waals surface area (Å²) in [5.41, 5.74) is 1.21. The Labute approximate surface area is 149 Å². The van der Waals surface area contributed by atoms with Gasteiger partial charge in [-0.1, -0.05) is 15.9 Å². The van der Waals surface area contributed by atoms with Crippen LogP contribution in [0.3, 0.4) is 0 Å². The zero-order valence-corrected chi connectivity index (χ0v) is 15.2. The molecule has 5 nitrogen and oxygen atoms in total. The molecule has 1 N–H and O–H groups in total. The fraction of sp³-hybridized carbons (Fsp3) is 0.125. The van der Waals surface area contributed by atoms with Crippen molar-refractivity contribution in [3.8, 4) is 11.5 Å². The third-order valence-electron chi connectivity index (χ3n) is 3.31. The summed E-state index contributed by atoms with van der Waals surface area (Å²) in [6, 6.07) is 8.46. The number of benzene rings is 2. The molecule has 2 aromatic carbocycles. The van der Waals surface area contributed by atoms with E-state index in [4.69, 9.17) is 9.47 Å². The second-order valence-electron chi connectivity index (χ2n) is 4.89. The number of ether oxygens (including phenoxy) is 2. The Morgan fingerprint density at radius 1 is 1.04 bits per heavy atom. The van der Waals surface area contributed by atoms with E-state index in [9.17, 15) is 9.59 Å². The maximum atomic E-state index is 12.5. The average Bonchev–Trinajstić information content (AvgIpc) is 2.95. The van der Waals surface area contributed by atoms with Gasteiger partial charge in [0.1, 0.15) is 0 Å². The van der Waals surface area contributed by atoms with Crippen LogP contribution < -0.4 is 14.8 Å². The van der Waals surface area contributed by atoms with E-state index < -0.39 is 0 Å². The van der Waals surface area contributed by atoms with E-state index in [1.54, 1.807) is 24.3 Å². The van der Waals surface area contributed by atoms with Gasteiger partial charge in [-0.25, -0.2) is 0 Å². The number of nitrogens with one attached hydrogen (secondary N) is 1. The number of hydrogen-bond acceptors (Lipinski definition) is 4. The van der Waals surface area contributed by atoms with Crippen molar-refractivity contribution in [1.82, 2.24) is 0 Å². The lowest BCUT2D eigenvalue weighted by Gasteiger charge is -2.11. The van der Waals surface area contributed by atoms with Gasteiger partial charge in [-0.05, 0) is 47.1 Å². The summed E-state index contributed by atoms with van der Waals surface area (Å²) in [6.07, 6.45) is 0. The first-order valence-corrected chi connectivity index (χ1v) is 8.25. The minimum Gasteiger partial charge on any atom is -0.454 e. The van der Waals surface area contributed by atoms with E-state index in [0.29, 0.717) is 32.8 Å². The number of carbonyl (C=O) groups is 2. The van der Waals surface area contributed by atoms with Crippen molar-refractivity contribution < 1.29 is 19.1 Å². The van der Waals surface area contributed by atoms with Crippen LogP contribution in [0.1, 0.15) is 27.6 Å². The normalized spacial score (nSPS) is 12.1. The van der Waals surface area contributed by atoms with Crippen molar-refractivity contribution in [2.75, 3.05) is 12.1 Å². The first-order valence-electron chi connectivity index (χ1n) is 6.66. The Morgan fingerprint density at radius 2 is 1.74 bits per heavy atom. The maximum Gasteiger partial charge on any atom is 0.256 e. The van der Waals surface area contributed by atoms with E-state index in [1.165, 1.54) is 6.92 Å². The highest BCUT2D eigenvalue weighted by atomic mass is 79.9. The van der Waals surface area contributed by atoms with Crippen molar-refractivity contribution in [2.45, 2.75) is 6.92 Å². The van der Waals surface area contributed by atoms with Gasteiger partial charge in [-0.2, -0.15) is 0 Å². The summed E-state index contributed by atoms with van der Waals surface area (Å²) in [7, 11) is 0. The van der Waals surface area contributed by atoms with Crippen molar-refractivity contribution in [2.24, 2.45) is 0 Å². The number of hydrogen-bond donors (Lipinski definition) is 1. The summed E-state index contributed by atoms with van der Waals surface area (Å²) >= 11 is 6.69. The molecular weight excluding hydrogens is 430 g/mol. The molecule has 118 valence electrons. The highest BCUT2D eigenvalue weighted by molar-refractivity contribution is 9.11. The fourth-order valence-electron chi connectivity index (χ4n) is 2.20. The van der Waals surface area contributed by atoms with Gasteiger partial charge in [0.15, 0.2) is 17.3 Å². The number of ketones is 1. The molecule has 1 aliphatic rings. The van der Waals surface area contributed by atoms with Gasteiger partial charge in [-0.3, -0.25) is 9.59 Å². The molecule has 0 bridgehead atoms. The standard InChI is InChI=1S/C16H11Br2NO4/c1-8(20)10-5-14-15(23-7-22-14)6-13(10)19-16(21)11-4-9(17)2-3-12(11)18/h2-6H,7H2,1H3,(H,19,21). The Morgan fingerprint density at radius 3 is 2.43 bits per heavy atom. The third-order valence-corrected chi connectivity index (χ3v) is 4.50. The number of rotatable bonds is 3. The number of Topliss-reactive ketones (excluding diaryl/α,β-unsaturated/α-hetero) is 1. The molecule has 2 aromatic rings. The zero-order chi connectivity index (χ0) is 16.6. The molecule has 23 heavy (non-hydrogen) atoms. The summed E-state index contributed by atoms with van der Waals surface area (Å²) in [6.45, 7) is 1.53. The first-order chi connectivity index (χ1) is 11.0. The summed E-state index contributed by atoms with van der Waals surface area (Å²) < 4.78 is 12.0. The lowest BCUT2D eigenvalue weighted by atomic mass is 10.1. The molecule has 1 aliphatic heterocycles. The van der Waals surface area contributed by atoms with Crippen molar-refractivity contribution in [3.63, 3.8) is 0 Å². The molecule has 0 fully saturated rings. The van der Waals surface area contributed by atoms with Crippen LogP contribution in [0.5, 0.6) is 11.5 Å². The minimum atomic E-state index is -0.334. The Kier molecular flexibility index (Phi) is 4.41. The monoisotopic (exact) mass is 439 g/mol. The third kappa shape index (κ3) is 3.25. The SMILES string of the molecule is CC(=O)c1cc2c(cc1NC(=O)c1cc(Br)ccc1Br)OCO2. The van der Waals surface area contributed by atoms with Crippen LogP contribution in [0.2, 0.25) is 0 Å². The van der Waals surface area contributed by atoms with E-state index in [-0.39, 0.29) is 18.5 Å². The van der Waals surface area contributed by atoms with Gasteiger partial charge < -0.3 is 14.8 Å². The maximum absolute atomic E-state index is 12.5. The molecule has 0 atom stereocenters. The minimum absolute atomic E-state index is 0.0985. The molecule has 0 aliphatic carbocycles. The van der Waals surface area contributed by atoms with Crippen molar-refractivity contribution in [1.29, 1.82) is 0 Å².